The molecule has 0 saturated heterocycles. The third-order valence-electron chi connectivity index (χ3n) is 7.32. The lowest BCUT2D eigenvalue weighted by Gasteiger charge is -2.18. The first-order valence-electron chi connectivity index (χ1n) is 17.4. The number of carbonyl (C=O) groups is 2. The van der Waals surface area contributed by atoms with Crippen LogP contribution in [0.25, 0.3) is 21.5 Å². The zero-order valence-corrected chi connectivity index (χ0v) is 35.4. The molecule has 0 unspecified atom stereocenters. The normalized spacial score (nSPS) is 11.2. The minimum Gasteiger partial charge on any atom is -0.496 e. The molecule has 0 saturated carbocycles. The number of rotatable bonds is 12. The predicted octanol–water partition coefficient (Wildman–Crippen LogP) is 11.6. The van der Waals surface area contributed by atoms with Gasteiger partial charge in [-0.25, -0.2) is 0 Å². The predicted molar refractivity (Wildman–Crippen MR) is 222 cm³/mol. The van der Waals surface area contributed by atoms with Crippen molar-refractivity contribution in [3.8, 4) is 11.5 Å². The fourth-order valence-corrected chi connectivity index (χ4v) is 6.97. The van der Waals surface area contributed by atoms with Crippen LogP contribution in [0.2, 0.25) is 0 Å². The van der Waals surface area contributed by atoms with Gasteiger partial charge in [0.15, 0.2) is 0 Å². The zero-order valence-electron chi connectivity index (χ0n) is 32.1. The summed E-state index contributed by atoms with van der Waals surface area (Å²) in [7, 11) is 3.39. The summed E-state index contributed by atoms with van der Waals surface area (Å²) in [5, 5.41) is 4.85. The highest BCUT2D eigenvalue weighted by atomic mass is 79.9. The molecular formula is C42H57BrO6S2. The second kappa shape index (κ2) is 21.6. The van der Waals surface area contributed by atoms with Crippen molar-refractivity contribution >= 4 is 73.8 Å². The van der Waals surface area contributed by atoms with E-state index >= 15 is 0 Å². The Hall–Kier alpha value is -2.88. The number of methoxy groups -OCH3 is 2. The van der Waals surface area contributed by atoms with Crippen LogP contribution in [0.3, 0.4) is 0 Å². The van der Waals surface area contributed by atoms with Gasteiger partial charge in [-0.3, -0.25) is 9.59 Å². The van der Waals surface area contributed by atoms with Crippen molar-refractivity contribution in [1.82, 2.24) is 0 Å². The van der Waals surface area contributed by atoms with E-state index in [1.54, 1.807) is 32.9 Å². The van der Waals surface area contributed by atoms with Gasteiger partial charge in [-0.15, -0.1) is 11.8 Å². The van der Waals surface area contributed by atoms with E-state index < -0.39 is 0 Å². The SMILES string of the molecule is CCOC(=O)CCS.CCOC(=O)CCSc1cc2ccc(CC(C)(C)C)cc2cc1OC.COc1cc2cc(CC(C)(C)C)ccc2cc1Br. The molecule has 0 spiro atoms. The van der Waals surface area contributed by atoms with Gasteiger partial charge in [-0.05, 0) is 110 Å². The van der Waals surface area contributed by atoms with Crippen LogP contribution in [0.1, 0.15) is 79.4 Å². The molecule has 0 aliphatic heterocycles. The Balaban J connectivity index is 0.000000301. The van der Waals surface area contributed by atoms with Gasteiger partial charge in [0.25, 0.3) is 0 Å². The van der Waals surface area contributed by atoms with Crippen LogP contribution < -0.4 is 9.47 Å². The van der Waals surface area contributed by atoms with E-state index in [1.807, 2.05) is 6.92 Å². The molecule has 0 radical (unpaired) electrons. The van der Waals surface area contributed by atoms with Gasteiger partial charge in [0.05, 0.1) is 44.7 Å². The summed E-state index contributed by atoms with van der Waals surface area (Å²) in [6.07, 6.45) is 2.95. The van der Waals surface area contributed by atoms with Gasteiger partial charge in [-0.1, -0.05) is 77.9 Å². The number of carbonyl (C=O) groups excluding carboxylic acids is 2. The fourth-order valence-electron chi connectivity index (χ4n) is 5.28. The number of esters is 2. The highest BCUT2D eigenvalue weighted by molar-refractivity contribution is 9.10. The fraction of sp³-hybridized carbons (Fsp3) is 0.476. The zero-order chi connectivity index (χ0) is 38.2. The maximum absolute atomic E-state index is 11.5. The molecule has 4 aromatic rings. The van der Waals surface area contributed by atoms with Crippen molar-refractivity contribution in [3.05, 3.63) is 76.3 Å². The first-order valence-corrected chi connectivity index (χ1v) is 19.8. The third-order valence-corrected chi connectivity index (χ3v) is 9.20. The second-order valence-corrected chi connectivity index (χ2v) is 16.9. The standard InChI is InChI=1S/C21H28O3S.C16H19BrO.C5H10O2S/c1-6-24-20(22)9-10-25-19-13-16-8-7-15(14-21(2,3)4)11-17(16)12-18(19)23-5;1-16(2,3)10-11-5-6-12-8-14(17)15(18-4)9-13(12)7-11;1-2-7-5(6)3-4-8/h7-8,11-13H,6,9-10,14H2,1-5H3;5-9H,10H2,1-4H3;8H,2-4H2,1H3. The highest BCUT2D eigenvalue weighted by Crippen LogP contribution is 2.35. The minimum absolute atomic E-state index is 0.151. The van der Waals surface area contributed by atoms with E-state index in [-0.39, 0.29) is 17.4 Å². The van der Waals surface area contributed by atoms with E-state index in [2.05, 4.69) is 136 Å². The highest BCUT2D eigenvalue weighted by Gasteiger charge is 2.14. The third kappa shape index (κ3) is 16.6. The molecule has 9 heteroatoms. The van der Waals surface area contributed by atoms with Crippen LogP contribution in [0, 0.1) is 10.8 Å². The number of hydrogen-bond donors (Lipinski definition) is 1. The number of benzene rings is 4. The first-order chi connectivity index (χ1) is 24.0. The van der Waals surface area contributed by atoms with Gasteiger partial charge in [0.2, 0.25) is 0 Å². The van der Waals surface area contributed by atoms with Crippen LogP contribution >= 0.6 is 40.3 Å². The maximum atomic E-state index is 11.5. The van der Waals surface area contributed by atoms with Gasteiger partial charge < -0.3 is 18.9 Å². The molecule has 0 N–H and O–H groups in total. The topological polar surface area (TPSA) is 71.1 Å². The molecule has 51 heavy (non-hydrogen) atoms. The quantitative estimate of drug-likeness (QED) is 0.0869. The Morgan fingerprint density at radius 3 is 1.59 bits per heavy atom. The average molecular weight is 802 g/mol. The number of thiol groups is 1. The molecule has 0 aliphatic rings. The summed E-state index contributed by atoms with van der Waals surface area (Å²) < 4.78 is 21.5. The molecule has 0 amide bonds. The first kappa shape index (κ1) is 44.3. The molecule has 0 bridgehead atoms. The number of halogens is 1. The van der Waals surface area contributed by atoms with Crippen molar-refractivity contribution < 1.29 is 28.5 Å². The summed E-state index contributed by atoms with van der Waals surface area (Å²) in [6.45, 7) is 18.1. The molecule has 4 aromatic carbocycles. The van der Waals surface area contributed by atoms with Crippen LogP contribution in [-0.2, 0) is 31.9 Å². The Bertz CT molecular complexity index is 1700. The van der Waals surface area contributed by atoms with Crippen LogP contribution in [0.4, 0.5) is 0 Å². The molecule has 0 aromatic heterocycles. The van der Waals surface area contributed by atoms with Crippen LogP contribution in [-0.4, -0.2) is 50.9 Å². The number of thioether (sulfide) groups is 1. The lowest BCUT2D eigenvalue weighted by molar-refractivity contribution is -0.143. The Morgan fingerprint density at radius 2 is 1.14 bits per heavy atom. The molecule has 6 nitrogen and oxygen atoms in total. The van der Waals surface area contributed by atoms with Gasteiger partial charge in [-0.2, -0.15) is 12.6 Å². The molecule has 280 valence electrons. The molecule has 0 atom stereocenters. The van der Waals surface area contributed by atoms with Gasteiger partial charge >= 0.3 is 11.9 Å². The summed E-state index contributed by atoms with van der Waals surface area (Å²) in [5.41, 5.74) is 3.29. The van der Waals surface area contributed by atoms with E-state index in [1.165, 1.54) is 32.7 Å². The van der Waals surface area contributed by atoms with Crippen molar-refractivity contribution in [2.24, 2.45) is 10.8 Å². The van der Waals surface area contributed by atoms with E-state index in [9.17, 15) is 9.59 Å². The van der Waals surface area contributed by atoms with Crippen molar-refractivity contribution in [3.63, 3.8) is 0 Å². The van der Waals surface area contributed by atoms with Crippen molar-refractivity contribution in [2.45, 2.75) is 86.0 Å². The Kier molecular flexibility index (Phi) is 18.8. The average Bonchev–Trinajstić information content (AvgIpc) is 3.04. The Labute approximate surface area is 324 Å². The molecule has 0 heterocycles. The van der Waals surface area contributed by atoms with Crippen molar-refractivity contribution in [1.29, 1.82) is 0 Å². The van der Waals surface area contributed by atoms with Crippen LogP contribution in [0.5, 0.6) is 11.5 Å². The van der Waals surface area contributed by atoms with E-state index in [0.29, 0.717) is 43.0 Å². The lowest BCUT2D eigenvalue weighted by atomic mass is 9.87. The number of hydrogen-bond acceptors (Lipinski definition) is 8. The minimum atomic E-state index is -0.164. The van der Waals surface area contributed by atoms with Crippen molar-refractivity contribution in [2.75, 3.05) is 38.9 Å². The molecule has 0 aliphatic carbocycles. The summed E-state index contributed by atoms with van der Waals surface area (Å²) in [6, 6.07) is 21.7. The maximum Gasteiger partial charge on any atom is 0.306 e. The smallest absolute Gasteiger partial charge is 0.306 e. The largest absolute Gasteiger partial charge is 0.496 e. The summed E-state index contributed by atoms with van der Waals surface area (Å²) in [5.74, 6) is 2.68. The number of ether oxygens (including phenoxy) is 4. The summed E-state index contributed by atoms with van der Waals surface area (Å²) >= 11 is 9.00. The Morgan fingerprint density at radius 1 is 0.667 bits per heavy atom. The molecule has 4 rings (SSSR count). The van der Waals surface area contributed by atoms with Gasteiger partial charge in [0.1, 0.15) is 11.5 Å². The van der Waals surface area contributed by atoms with E-state index in [0.717, 1.165) is 33.7 Å². The monoisotopic (exact) mass is 800 g/mol. The van der Waals surface area contributed by atoms with Crippen LogP contribution in [0.15, 0.2) is 70.0 Å². The lowest BCUT2D eigenvalue weighted by Crippen LogP contribution is -2.08. The van der Waals surface area contributed by atoms with Gasteiger partial charge in [0, 0.05) is 16.4 Å². The number of fused-ring (bicyclic) bond motifs is 2. The molecular weight excluding hydrogens is 744 g/mol. The second-order valence-electron chi connectivity index (χ2n) is 14.5. The molecule has 0 fully saturated rings. The summed E-state index contributed by atoms with van der Waals surface area (Å²) in [4.78, 5) is 22.9. The van der Waals surface area contributed by atoms with E-state index in [4.69, 9.17) is 14.2 Å².